The zero-order valence-corrected chi connectivity index (χ0v) is 15.5. The third-order valence-electron chi connectivity index (χ3n) is 3.88. The van der Waals surface area contributed by atoms with Gasteiger partial charge < -0.3 is 4.74 Å². The highest BCUT2D eigenvalue weighted by Crippen LogP contribution is 2.22. The Morgan fingerprint density at radius 3 is 2.58 bits per heavy atom. The van der Waals surface area contributed by atoms with Crippen LogP contribution in [-0.4, -0.2) is 11.6 Å². The molecular formula is C22H20N2OS. The lowest BCUT2D eigenvalue weighted by molar-refractivity contribution is 0.311. The van der Waals surface area contributed by atoms with E-state index < -0.39 is 0 Å². The van der Waals surface area contributed by atoms with E-state index in [2.05, 4.69) is 35.3 Å². The number of benzene rings is 2. The van der Waals surface area contributed by atoms with Gasteiger partial charge >= 0.3 is 0 Å². The number of hydrogen-bond donors (Lipinski definition) is 0. The second-order valence-corrected chi connectivity index (χ2v) is 6.83. The molecule has 0 radical (unpaired) electrons. The molecule has 2 aromatic carbocycles. The van der Waals surface area contributed by atoms with Crippen molar-refractivity contribution in [2.45, 2.75) is 19.8 Å². The summed E-state index contributed by atoms with van der Waals surface area (Å²) < 4.78 is 5.81. The van der Waals surface area contributed by atoms with Gasteiger partial charge in [0.25, 0.3) is 0 Å². The Hall–Kier alpha value is -2.90. The number of rotatable bonds is 7. The third kappa shape index (κ3) is 5.05. The molecule has 1 aromatic heterocycles. The summed E-state index contributed by atoms with van der Waals surface area (Å²) in [5, 5.41) is 12.1. The molecular weight excluding hydrogens is 340 g/mol. The zero-order valence-electron chi connectivity index (χ0n) is 14.7. The maximum Gasteiger partial charge on any atom is 0.134 e. The molecule has 0 atom stereocenters. The van der Waals surface area contributed by atoms with Gasteiger partial charge in [-0.2, -0.15) is 5.26 Å². The van der Waals surface area contributed by atoms with Crippen LogP contribution in [-0.2, 0) is 6.42 Å². The first-order valence-corrected chi connectivity index (χ1v) is 9.43. The topological polar surface area (TPSA) is 45.9 Å². The van der Waals surface area contributed by atoms with Crippen LogP contribution in [0.4, 0.5) is 0 Å². The molecule has 0 aliphatic rings. The van der Waals surface area contributed by atoms with Crippen LogP contribution >= 0.6 is 11.3 Å². The molecule has 0 amide bonds. The molecule has 0 saturated carbocycles. The van der Waals surface area contributed by atoms with Crippen molar-refractivity contribution in [3.05, 3.63) is 81.8 Å². The predicted octanol–water partition coefficient (Wildman–Crippen LogP) is 5.53. The minimum atomic E-state index is 0.583. The third-order valence-corrected chi connectivity index (χ3v) is 4.88. The van der Waals surface area contributed by atoms with Crippen molar-refractivity contribution in [3.63, 3.8) is 0 Å². The van der Waals surface area contributed by atoms with Crippen molar-refractivity contribution in [2.24, 2.45) is 0 Å². The quantitative estimate of drug-likeness (QED) is 0.411. The molecule has 3 nitrogen and oxygen atoms in total. The summed E-state index contributed by atoms with van der Waals surface area (Å²) in [7, 11) is 0. The Morgan fingerprint density at radius 1 is 1.15 bits per heavy atom. The van der Waals surface area contributed by atoms with Crippen molar-refractivity contribution in [3.8, 4) is 11.8 Å². The number of aromatic nitrogens is 1. The highest BCUT2D eigenvalue weighted by Gasteiger charge is 2.05. The smallest absolute Gasteiger partial charge is 0.134 e. The lowest BCUT2D eigenvalue weighted by Crippen LogP contribution is -1.99. The van der Waals surface area contributed by atoms with Crippen LogP contribution < -0.4 is 4.74 Å². The maximum absolute atomic E-state index is 9.37. The molecule has 0 bridgehead atoms. The average molecular weight is 360 g/mol. The van der Waals surface area contributed by atoms with Crippen molar-refractivity contribution in [1.29, 1.82) is 5.26 Å². The Balaban J connectivity index is 1.54. The van der Waals surface area contributed by atoms with E-state index in [1.807, 2.05) is 48.7 Å². The number of allylic oxidation sites excluding steroid dienone is 1. The minimum Gasteiger partial charge on any atom is -0.494 e. The van der Waals surface area contributed by atoms with Gasteiger partial charge in [-0.15, -0.1) is 11.3 Å². The van der Waals surface area contributed by atoms with E-state index in [4.69, 9.17) is 4.74 Å². The summed E-state index contributed by atoms with van der Waals surface area (Å²) in [5.41, 5.74) is 3.81. The van der Waals surface area contributed by atoms with E-state index in [1.54, 1.807) is 0 Å². The van der Waals surface area contributed by atoms with Gasteiger partial charge in [-0.05, 0) is 49.1 Å². The fourth-order valence-electron chi connectivity index (χ4n) is 2.56. The Morgan fingerprint density at radius 2 is 1.92 bits per heavy atom. The predicted molar refractivity (Wildman–Crippen MR) is 107 cm³/mol. The number of nitriles is 1. The molecule has 0 aliphatic carbocycles. The van der Waals surface area contributed by atoms with Crippen LogP contribution in [0.15, 0.2) is 60.0 Å². The molecule has 0 saturated heterocycles. The lowest BCUT2D eigenvalue weighted by Gasteiger charge is -2.06. The Kier molecular flexibility index (Phi) is 6.19. The van der Waals surface area contributed by atoms with Crippen molar-refractivity contribution in [2.75, 3.05) is 6.61 Å². The molecule has 0 unspecified atom stereocenters. The molecule has 26 heavy (non-hydrogen) atoms. The minimum absolute atomic E-state index is 0.583. The molecule has 1 heterocycles. The van der Waals surface area contributed by atoms with E-state index in [9.17, 15) is 5.26 Å². The fourth-order valence-corrected chi connectivity index (χ4v) is 3.32. The first-order valence-electron chi connectivity index (χ1n) is 8.56. The van der Waals surface area contributed by atoms with Crippen LogP contribution in [0.3, 0.4) is 0 Å². The average Bonchev–Trinajstić information content (AvgIpc) is 3.11. The maximum atomic E-state index is 9.37. The van der Waals surface area contributed by atoms with E-state index in [0.717, 1.165) is 34.9 Å². The first kappa shape index (κ1) is 17.9. The van der Waals surface area contributed by atoms with Crippen molar-refractivity contribution >= 4 is 23.0 Å². The second-order valence-electron chi connectivity index (χ2n) is 5.97. The molecule has 4 heteroatoms. The van der Waals surface area contributed by atoms with Crippen LogP contribution in [0.1, 0.15) is 28.2 Å². The second kappa shape index (κ2) is 8.98. The number of ether oxygens (including phenoxy) is 1. The highest BCUT2D eigenvalue weighted by molar-refractivity contribution is 7.11. The van der Waals surface area contributed by atoms with Gasteiger partial charge in [-0.25, -0.2) is 4.98 Å². The highest BCUT2D eigenvalue weighted by atomic mass is 32.1. The molecule has 0 fully saturated rings. The zero-order chi connectivity index (χ0) is 18.2. The fraction of sp³-hybridized carbons (Fsp3) is 0.182. The van der Waals surface area contributed by atoms with Gasteiger partial charge in [0, 0.05) is 11.1 Å². The van der Waals surface area contributed by atoms with E-state index in [-0.39, 0.29) is 0 Å². The number of hydrogen-bond acceptors (Lipinski definition) is 4. The SMILES string of the molecule is Cc1csc(/C(C#N)=C\c2ccc(OCCCc3ccccc3)cc2)n1. The summed E-state index contributed by atoms with van der Waals surface area (Å²) in [6, 6.07) is 20.5. The molecule has 3 rings (SSSR count). The van der Waals surface area contributed by atoms with Gasteiger partial charge in [0.05, 0.1) is 12.2 Å². The van der Waals surface area contributed by atoms with Gasteiger partial charge in [0.15, 0.2) is 0 Å². The lowest BCUT2D eigenvalue weighted by atomic mass is 10.1. The van der Waals surface area contributed by atoms with Crippen LogP contribution in [0, 0.1) is 18.3 Å². The number of nitrogens with zero attached hydrogens (tertiary/aromatic N) is 2. The van der Waals surface area contributed by atoms with Gasteiger partial charge in [0.1, 0.15) is 16.8 Å². The monoisotopic (exact) mass is 360 g/mol. The van der Waals surface area contributed by atoms with Crippen molar-refractivity contribution in [1.82, 2.24) is 4.98 Å². The normalized spacial score (nSPS) is 11.2. The van der Waals surface area contributed by atoms with Gasteiger partial charge in [-0.1, -0.05) is 42.5 Å². The van der Waals surface area contributed by atoms with E-state index >= 15 is 0 Å². The van der Waals surface area contributed by atoms with Crippen molar-refractivity contribution < 1.29 is 4.74 Å². The van der Waals surface area contributed by atoms with Crippen LogP contribution in [0.5, 0.6) is 5.75 Å². The number of aryl methyl sites for hydroxylation is 2. The van der Waals surface area contributed by atoms with E-state index in [1.165, 1.54) is 16.9 Å². The summed E-state index contributed by atoms with van der Waals surface area (Å²) >= 11 is 1.49. The van der Waals surface area contributed by atoms with E-state index in [0.29, 0.717) is 12.2 Å². The van der Waals surface area contributed by atoms with Crippen LogP contribution in [0.2, 0.25) is 0 Å². The summed E-state index contributed by atoms with van der Waals surface area (Å²) in [4.78, 5) is 4.37. The number of thiazole rings is 1. The summed E-state index contributed by atoms with van der Waals surface area (Å²) in [6.45, 7) is 2.62. The molecule has 3 aromatic rings. The first-order chi connectivity index (χ1) is 12.7. The molecule has 0 N–H and O–H groups in total. The Bertz CT molecular complexity index is 905. The summed E-state index contributed by atoms with van der Waals surface area (Å²) in [5.74, 6) is 0.846. The molecule has 0 spiro atoms. The largest absolute Gasteiger partial charge is 0.494 e. The molecule has 0 aliphatic heterocycles. The standard InChI is InChI=1S/C22H20N2OS/c1-17-16-26-22(24-17)20(15-23)14-19-9-11-21(12-10-19)25-13-5-8-18-6-3-2-4-7-18/h2-4,6-7,9-12,14,16H,5,8,13H2,1H3/b20-14-. The summed E-state index contributed by atoms with van der Waals surface area (Å²) in [6.07, 6.45) is 3.85. The van der Waals surface area contributed by atoms with Gasteiger partial charge in [-0.3, -0.25) is 0 Å². The molecule has 130 valence electrons. The van der Waals surface area contributed by atoms with Crippen LogP contribution in [0.25, 0.3) is 11.6 Å². The van der Waals surface area contributed by atoms with Gasteiger partial charge in [0.2, 0.25) is 0 Å². The Labute approximate surface area is 158 Å².